The molecule has 1 N–H and O–H groups in total. The van der Waals surface area contributed by atoms with Gasteiger partial charge in [0.05, 0.1) is 36.7 Å². The molecule has 3 saturated heterocycles. The van der Waals surface area contributed by atoms with E-state index in [4.69, 9.17) is 9.47 Å². The van der Waals surface area contributed by atoms with Crippen molar-refractivity contribution in [2.45, 2.75) is 70.2 Å². The van der Waals surface area contributed by atoms with Gasteiger partial charge in [-0.3, -0.25) is 14.4 Å². The number of hydrogen-bond acceptors (Lipinski definition) is 6. The maximum Gasteiger partial charge on any atom is 0.253 e. The topological polar surface area (TPSA) is 99.6 Å². The maximum absolute atomic E-state index is 15.2. The number of likely N-dealkylation sites (tertiary alicyclic amines) is 1. The van der Waals surface area contributed by atoms with Gasteiger partial charge in [0.25, 0.3) is 5.91 Å². The number of nitrogens with zero attached hydrogens (tertiary/aromatic N) is 3. The molecule has 1 spiro atoms. The van der Waals surface area contributed by atoms with Crippen molar-refractivity contribution in [2.75, 3.05) is 36.1 Å². The summed E-state index contributed by atoms with van der Waals surface area (Å²) in [6, 6.07) is 19.4. The summed E-state index contributed by atoms with van der Waals surface area (Å²) < 4.78 is 12.7. The molecule has 0 radical (unpaired) electrons. The first kappa shape index (κ1) is 35.4. The normalized spacial score (nSPS) is 25.8. The van der Waals surface area contributed by atoms with Crippen molar-refractivity contribution in [3.63, 3.8) is 0 Å². The zero-order valence-electron chi connectivity index (χ0n) is 29.6. The molecule has 2 unspecified atom stereocenters. The monoisotopic (exact) mass is 679 g/mol. The lowest BCUT2D eigenvalue weighted by Crippen LogP contribution is -2.60. The van der Waals surface area contributed by atoms with E-state index >= 15 is 9.59 Å². The molecule has 0 aromatic heterocycles. The van der Waals surface area contributed by atoms with E-state index in [1.807, 2.05) is 94.4 Å². The molecule has 9 nitrogen and oxygen atoms in total. The highest BCUT2D eigenvalue weighted by Gasteiger charge is 2.79. The molecule has 0 saturated carbocycles. The summed E-state index contributed by atoms with van der Waals surface area (Å²) in [5, 5.41) is 12.8. The van der Waals surface area contributed by atoms with Gasteiger partial charge in [0, 0.05) is 24.5 Å². The number of amides is 3. The van der Waals surface area contributed by atoms with Gasteiger partial charge in [0.15, 0.2) is 0 Å². The fraction of sp³-hybridized carbons (Fsp3) is 0.439. The summed E-state index contributed by atoms with van der Waals surface area (Å²) in [4.78, 5) is 50.1. The number of fused-ring (bicyclic) bond motifs is 2. The molecule has 0 aliphatic carbocycles. The molecule has 3 heterocycles. The van der Waals surface area contributed by atoms with Crippen LogP contribution in [0.15, 0.2) is 92.0 Å². The number of ether oxygens (including phenoxy) is 2. The molecule has 3 aromatic rings. The Kier molecular flexibility index (Phi) is 9.93. The van der Waals surface area contributed by atoms with E-state index < -0.39 is 35.1 Å². The van der Waals surface area contributed by atoms with Gasteiger partial charge in [0.1, 0.15) is 17.4 Å². The second-order valence-corrected chi connectivity index (χ2v) is 14.0. The number of anilines is 2. The molecule has 3 fully saturated rings. The minimum atomic E-state index is -1.26. The summed E-state index contributed by atoms with van der Waals surface area (Å²) in [6.07, 6.45) is 4.80. The fourth-order valence-electron chi connectivity index (χ4n) is 8.74. The minimum Gasteiger partial charge on any atom is -0.494 e. The Balaban J connectivity index is 1.47. The lowest BCUT2D eigenvalue weighted by Gasteiger charge is -2.40. The van der Waals surface area contributed by atoms with Gasteiger partial charge in [-0.1, -0.05) is 63.3 Å². The van der Waals surface area contributed by atoms with E-state index in [9.17, 15) is 9.90 Å². The van der Waals surface area contributed by atoms with Crippen molar-refractivity contribution in [1.82, 2.24) is 4.90 Å². The molecule has 9 heteroatoms. The molecule has 6 rings (SSSR count). The van der Waals surface area contributed by atoms with Crippen LogP contribution in [-0.2, 0) is 19.1 Å². The first-order valence-electron chi connectivity index (χ1n) is 17.8. The molecule has 6 atom stereocenters. The van der Waals surface area contributed by atoms with Gasteiger partial charge in [0.2, 0.25) is 11.8 Å². The quantitative estimate of drug-likeness (QED) is 0.205. The number of carbonyl (C=O) groups is 3. The first-order valence-corrected chi connectivity index (χ1v) is 17.8. The highest BCUT2D eigenvalue weighted by molar-refractivity contribution is 6.07. The Morgan fingerprint density at radius 1 is 0.960 bits per heavy atom. The van der Waals surface area contributed by atoms with Crippen LogP contribution in [0, 0.1) is 17.8 Å². The first-order chi connectivity index (χ1) is 24.1. The van der Waals surface area contributed by atoms with Crippen LogP contribution in [0.1, 0.15) is 47.0 Å². The SMILES string of the molecule is C=CCN(C(=O)C1N([C@@H](CO)C(C)C)C(=O)[C@@H]2[C@@H](C(=O)N(CC=C)c3ccc(OCC)cc3)[C@@]3(CC)CCC12O3)c1ccc2ccccc2c1. The Morgan fingerprint density at radius 3 is 2.20 bits per heavy atom. The number of carbonyl (C=O) groups excluding carboxylic acids is 3. The van der Waals surface area contributed by atoms with Crippen molar-refractivity contribution in [1.29, 1.82) is 0 Å². The highest BCUT2D eigenvalue weighted by Crippen LogP contribution is 2.65. The number of benzene rings is 3. The van der Waals surface area contributed by atoms with E-state index in [0.29, 0.717) is 43.0 Å². The van der Waals surface area contributed by atoms with Gasteiger partial charge in [-0.2, -0.15) is 0 Å². The second kappa shape index (κ2) is 14.0. The van der Waals surface area contributed by atoms with Crippen molar-refractivity contribution in [3.8, 4) is 5.75 Å². The zero-order chi connectivity index (χ0) is 35.8. The zero-order valence-corrected chi connectivity index (χ0v) is 29.6. The molecule has 50 heavy (non-hydrogen) atoms. The lowest BCUT2D eigenvalue weighted by atomic mass is 9.64. The third kappa shape index (κ3) is 5.60. The molecule has 3 aliphatic rings. The number of hydrogen-bond donors (Lipinski definition) is 1. The van der Waals surface area contributed by atoms with Gasteiger partial charge >= 0.3 is 0 Å². The second-order valence-electron chi connectivity index (χ2n) is 14.0. The predicted molar refractivity (Wildman–Crippen MR) is 196 cm³/mol. The van der Waals surface area contributed by atoms with E-state index in [2.05, 4.69) is 13.2 Å². The van der Waals surface area contributed by atoms with E-state index in [1.165, 1.54) is 0 Å². The average molecular weight is 680 g/mol. The Morgan fingerprint density at radius 2 is 1.60 bits per heavy atom. The van der Waals surface area contributed by atoms with Crippen LogP contribution in [-0.4, -0.2) is 77.3 Å². The Hall–Kier alpha value is -4.47. The smallest absolute Gasteiger partial charge is 0.253 e. The van der Waals surface area contributed by atoms with Crippen molar-refractivity contribution in [2.24, 2.45) is 17.8 Å². The van der Waals surface area contributed by atoms with Crippen molar-refractivity contribution < 1.29 is 29.0 Å². The van der Waals surface area contributed by atoms with Gasteiger partial charge in [-0.05, 0) is 79.3 Å². The third-order valence-electron chi connectivity index (χ3n) is 11.1. The summed E-state index contributed by atoms with van der Waals surface area (Å²) in [5.41, 5.74) is -0.878. The third-order valence-corrected chi connectivity index (χ3v) is 11.1. The fourth-order valence-corrected chi connectivity index (χ4v) is 8.74. The van der Waals surface area contributed by atoms with Crippen LogP contribution in [0.5, 0.6) is 5.75 Å². The van der Waals surface area contributed by atoms with E-state index in [1.54, 1.807) is 26.9 Å². The molecule has 3 aromatic carbocycles. The van der Waals surface area contributed by atoms with Crippen LogP contribution in [0.2, 0.25) is 0 Å². The van der Waals surface area contributed by atoms with Crippen LogP contribution < -0.4 is 14.5 Å². The Labute approximate surface area is 295 Å². The van der Waals surface area contributed by atoms with Crippen molar-refractivity contribution in [3.05, 3.63) is 92.0 Å². The summed E-state index contributed by atoms with van der Waals surface area (Å²) in [5.74, 6) is -2.13. The minimum absolute atomic E-state index is 0.171. The molecule has 2 bridgehead atoms. The highest BCUT2D eigenvalue weighted by atomic mass is 16.5. The number of rotatable bonds is 14. The van der Waals surface area contributed by atoms with Crippen LogP contribution in [0.25, 0.3) is 10.8 Å². The van der Waals surface area contributed by atoms with E-state index in [0.717, 1.165) is 10.8 Å². The van der Waals surface area contributed by atoms with Gasteiger partial charge in [-0.15, -0.1) is 13.2 Å². The molecular weight excluding hydrogens is 630 g/mol. The van der Waals surface area contributed by atoms with Crippen LogP contribution in [0.4, 0.5) is 11.4 Å². The van der Waals surface area contributed by atoms with E-state index in [-0.39, 0.29) is 43.3 Å². The lowest BCUT2D eigenvalue weighted by molar-refractivity contribution is -0.150. The molecule has 3 amide bonds. The van der Waals surface area contributed by atoms with Crippen molar-refractivity contribution >= 4 is 39.9 Å². The largest absolute Gasteiger partial charge is 0.494 e. The summed E-state index contributed by atoms with van der Waals surface area (Å²) >= 11 is 0. The predicted octanol–water partition coefficient (Wildman–Crippen LogP) is 6.15. The van der Waals surface area contributed by atoms with Crippen LogP contribution >= 0.6 is 0 Å². The number of aliphatic hydroxyl groups excluding tert-OH is 1. The van der Waals surface area contributed by atoms with Crippen LogP contribution in [0.3, 0.4) is 0 Å². The maximum atomic E-state index is 15.2. The standard InChI is InChI=1S/C41H49N3O6/c1-7-23-42(30-17-19-32(20-18-30)49-10-4)37(46)34-35-38(47)44(33(26-45)27(5)6)36(41(35)22-21-40(34,9-3)50-41)39(48)43(24-8-2)31-16-15-28-13-11-12-14-29(28)25-31/h7-8,11-20,25,27,33-36,45H,1-2,9-10,21-24,26H2,3-6H3/t33-,34-,35-,36?,40+,41?/m0/s1. The van der Waals surface area contributed by atoms with Gasteiger partial charge in [-0.25, -0.2) is 0 Å². The summed E-state index contributed by atoms with van der Waals surface area (Å²) in [6.45, 7) is 16.2. The Bertz CT molecular complexity index is 1770. The molecule has 264 valence electrons. The number of aliphatic hydroxyl groups is 1. The molecular formula is C41H49N3O6. The average Bonchev–Trinajstić information content (AvgIpc) is 3.73. The summed E-state index contributed by atoms with van der Waals surface area (Å²) in [7, 11) is 0. The molecule has 3 aliphatic heterocycles. The van der Waals surface area contributed by atoms with Gasteiger partial charge < -0.3 is 29.3 Å².